The Labute approximate surface area is 165 Å². The molecule has 144 valence electrons. The standard InChI is InChI=1S/C22H24N4O2/c1-15-7-4-5-10-19(15)26-21-14-20(24-16(2)25-21)22(27)23-12-11-17-8-6-9-18(13-17)28-3/h4-10,13-14H,11-12H2,1-3H3,(H,23,27)(H,24,25,26). The zero-order valence-electron chi connectivity index (χ0n) is 16.3. The highest BCUT2D eigenvalue weighted by Crippen LogP contribution is 2.19. The molecule has 0 saturated heterocycles. The lowest BCUT2D eigenvalue weighted by molar-refractivity contribution is 0.0949. The zero-order chi connectivity index (χ0) is 19.9. The molecule has 2 N–H and O–H groups in total. The Morgan fingerprint density at radius 3 is 2.64 bits per heavy atom. The summed E-state index contributed by atoms with van der Waals surface area (Å²) in [5.74, 6) is 1.72. The number of anilines is 2. The van der Waals surface area contributed by atoms with Gasteiger partial charge >= 0.3 is 0 Å². The topological polar surface area (TPSA) is 76.1 Å². The van der Waals surface area contributed by atoms with Gasteiger partial charge in [-0.05, 0) is 49.6 Å². The summed E-state index contributed by atoms with van der Waals surface area (Å²) in [6.07, 6.45) is 0.710. The van der Waals surface area contributed by atoms with Crippen molar-refractivity contribution in [2.75, 3.05) is 19.0 Å². The van der Waals surface area contributed by atoms with E-state index in [1.165, 1.54) is 0 Å². The van der Waals surface area contributed by atoms with Gasteiger partial charge in [-0.1, -0.05) is 30.3 Å². The third-order valence-corrected chi connectivity index (χ3v) is 4.31. The third kappa shape index (κ3) is 5.07. The summed E-state index contributed by atoms with van der Waals surface area (Å²) >= 11 is 0. The lowest BCUT2D eigenvalue weighted by atomic mass is 10.1. The molecule has 0 unspecified atom stereocenters. The van der Waals surface area contributed by atoms with Crippen LogP contribution in [0, 0.1) is 13.8 Å². The molecule has 3 rings (SSSR count). The molecule has 2 aromatic carbocycles. The molecule has 0 saturated carbocycles. The van der Waals surface area contributed by atoms with Crippen LogP contribution in [-0.4, -0.2) is 29.5 Å². The molecule has 0 aliphatic carbocycles. The normalized spacial score (nSPS) is 10.4. The number of amides is 1. The van der Waals surface area contributed by atoms with E-state index in [-0.39, 0.29) is 5.91 Å². The molecule has 0 atom stereocenters. The Balaban J connectivity index is 1.64. The van der Waals surface area contributed by atoms with E-state index in [0.717, 1.165) is 22.6 Å². The first-order valence-electron chi connectivity index (χ1n) is 9.14. The fraction of sp³-hybridized carbons (Fsp3) is 0.227. The highest BCUT2D eigenvalue weighted by Gasteiger charge is 2.11. The fourth-order valence-electron chi connectivity index (χ4n) is 2.84. The van der Waals surface area contributed by atoms with E-state index in [9.17, 15) is 4.79 Å². The van der Waals surface area contributed by atoms with Crippen LogP contribution in [0.1, 0.15) is 27.4 Å². The van der Waals surface area contributed by atoms with Crippen molar-refractivity contribution in [2.24, 2.45) is 0 Å². The van der Waals surface area contributed by atoms with Crippen LogP contribution in [0.25, 0.3) is 0 Å². The van der Waals surface area contributed by atoms with Crippen LogP contribution in [0.15, 0.2) is 54.6 Å². The predicted octanol–water partition coefficient (Wildman–Crippen LogP) is 3.82. The summed E-state index contributed by atoms with van der Waals surface area (Å²) in [4.78, 5) is 21.2. The molecule has 6 nitrogen and oxygen atoms in total. The van der Waals surface area contributed by atoms with Gasteiger partial charge in [0.25, 0.3) is 5.91 Å². The van der Waals surface area contributed by atoms with Crippen molar-refractivity contribution < 1.29 is 9.53 Å². The number of nitrogens with one attached hydrogen (secondary N) is 2. The average molecular weight is 376 g/mol. The summed E-state index contributed by atoms with van der Waals surface area (Å²) in [6, 6.07) is 17.4. The van der Waals surface area contributed by atoms with E-state index < -0.39 is 0 Å². The Morgan fingerprint density at radius 2 is 1.86 bits per heavy atom. The summed E-state index contributed by atoms with van der Waals surface area (Å²) in [6.45, 7) is 4.30. The van der Waals surface area contributed by atoms with Gasteiger partial charge in [0.1, 0.15) is 23.1 Å². The van der Waals surface area contributed by atoms with Crippen LogP contribution in [0.5, 0.6) is 5.75 Å². The van der Waals surface area contributed by atoms with Gasteiger partial charge in [-0.3, -0.25) is 4.79 Å². The number of aromatic nitrogens is 2. The summed E-state index contributed by atoms with van der Waals surface area (Å²) in [7, 11) is 1.64. The number of para-hydroxylation sites is 1. The van der Waals surface area contributed by atoms with Crippen LogP contribution in [0.4, 0.5) is 11.5 Å². The second-order valence-corrected chi connectivity index (χ2v) is 6.48. The SMILES string of the molecule is COc1cccc(CCNC(=O)c2cc(Nc3ccccc3C)nc(C)n2)c1. The van der Waals surface area contributed by atoms with E-state index in [2.05, 4.69) is 20.6 Å². The molecule has 0 bridgehead atoms. The zero-order valence-corrected chi connectivity index (χ0v) is 16.3. The molecule has 1 aromatic heterocycles. The molecular formula is C22H24N4O2. The second kappa shape index (κ2) is 8.99. The van der Waals surface area contributed by atoms with Crippen LogP contribution in [0.2, 0.25) is 0 Å². The van der Waals surface area contributed by atoms with E-state index in [1.807, 2.05) is 55.5 Å². The highest BCUT2D eigenvalue weighted by atomic mass is 16.5. The van der Waals surface area contributed by atoms with Crippen molar-refractivity contribution in [2.45, 2.75) is 20.3 Å². The maximum absolute atomic E-state index is 12.5. The number of hydrogen-bond acceptors (Lipinski definition) is 5. The molecule has 1 heterocycles. The van der Waals surface area contributed by atoms with Crippen molar-refractivity contribution >= 4 is 17.4 Å². The first-order chi connectivity index (χ1) is 13.5. The summed E-state index contributed by atoms with van der Waals surface area (Å²) in [5, 5.41) is 6.17. The maximum atomic E-state index is 12.5. The number of carbonyl (C=O) groups is 1. The Bertz CT molecular complexity index is 972. The van der Waals surface area contributed by atoms with Crippen molar-refractivity contribution in [3.05, 3.63) is 77.2 Å². The molecule has 0 fully saturated rings. The Morgan fingerprint density at radius 1 is 1.04 bits per heavy atom. The van der Waals surface area contributed by atoms with Gasteiger partial charge in [0.2, 0.25) is 0 Å². The van der Waals surface area contributed by atoms with Gasteiger partial charge < -0.3 is 15.4 Å². The van der Waals surface area contributed by atoms with Crippen LogP contribution < -0.4 is 15.4 Å². The smallest absolute Gasteiger partial charge is 0.270 e. The molecule has 0 aliphatic rings. The number of hydrogen-bond donors (Lipinski definition) is 2. The minimum atomic E-state index is -0.221. The van der Waals surface area contributed by atoms with E-state index >= 15 is 0 Å². The number of ether oxygens (including phenoxy) is 1. The van der Waals surface area contributed by atoms with Gasteiger partial charge in [-0.2, -0.15) is 0 Å². The average Bonchev–Trinajstić information content (AvgIpc) is 2.69. The van der Waals surface area contributed by atoms with E-state index in [4.69, 9.17) is 4.74 Å². The van der Waals surface area contributed by atoms with Crippen molar-refractivity contribution in [1.82, 2.24) is 15.3 Å². The maximum Gasteiger partial charge on any atom is 0.270 e. The van der Waals surface area contributed by atoms with Crippen molar-refractivity contribution in [3.8, 4) is 5.75 Å². The fourth-order valence-corrected chi connectivity index (χ4v) is 2.84. The molecule has 0 aliphatic heterocycles. The highest BCUT2D eigenvalue weighted by molar-refractivity contribution is 5.93. The number of benzene rings is 2. The van der Waals surface area contributed by atoms with Crippen LogP contribution in [-0.2, 0) is 6.42 Å². The molecular weight excluding hydrogens is 352 g/mol. The second-order valence-electron chi connectivity index (χ2n) is 6.48. The number of aryl methyl sites for hydroxylation is 2. The largest absolute Gasteiger partial charge is 0.497 e. The number of nitrogens with zero attached hydrogens (tertiary/aromatic N) is 2. The Kier molecular flexibility index (Phi) is 6.22. The predicted molar refractivity (Wildman–Crippen MR) is 110 cm³/mol. The summed E-state index contributed by atoms with van der Waals surface area (Å²) in [5.41, 5.74) is 3.49. The molecule has 0 spiro atoms. The van der Waals surface area contributed by atoms with Crippen LogP contribution >= 0.6 is 0 Å². The quantitative estimate of drug-likeness (QED) is 0.656. The minimum Gasteiger partial charge on any atom is -0.497 e. The van der Waals surface area contributed by atoms with Gasteiger partial charge in [0.15, 0.2) is 0 Å². The lowest BCUT2D eigenvalue weighted by Gasteiger charge is -2.11. The van der Waals surface area contributed by atoms with Crippen molar-refractivity contribution in [3.63, 3.8) is 0 Å². The first-order valence-corrected chi connectivity index (χ1v) is 9.14. The van der Waals surface area contributed by atoms with Gasteiger partial charge in [-0.15, -0.1) is 0 Å². The minimum absolute atomic E-state index is 0.221. The summed E-state index contributed by atoms with van der Waals surface area (Å²) < 4.78 is 5.22. The third-order valence-electron chi connectivity index (χ3n) is 4.31. The first kappa shape index (κ1) is 19.4. The van der Waals surface area contributed by atoms with Crippen LogP contribution in [0.3, 0.4) is 0 Å². The number of carbonyl (C=O) groups excluding carboxylic acids is 1. The van der Waals surface area contributed by atoms with Crippen molar-refractivity contribution in [1.29, 1.82) is 0 Å². The lowest BCUT2D eigenvalue weighted by Crippen LogP contribution is -2.27. The van der Waals surface area contributed by atoms with Gasteiger partial charge in [-0.25, -0.2) is 9.97 Å². The van der Waals surface area contributed by atoms with Gasteiger partial charge in [0.05, 0.1) is 7.11 Å². The molecule has 0 radical (unpaired) electrons. The van der Waals surface area contributed by atoms with E-state index in [0.29, 0.717) is 30.3 Å². The molecule has 3 aromatic rings. The number of rotatable bonds is 7. The molecule has 6 heteroatoms. The monoisotopic (exact) mass is 376 g/mol. The number of methoxy groups -OCH3 is 1. The molecule has 1 amide bonds. The van der Waals surface area contributed by atoms with Gasteiger partial charge in [0, 0.05) is 18.3 Å². The Hall–Kier alpha value is -3.41. The molecule has 28 heavy (non-hydrogen) atoms. The van der Waals surface area contributed by atoms with E-state index in [1.54, 1.807) is 20.1 Å².